The third-order valence-corrected chi connectivity index (χ3v) is 4.90. The Balaban J connectivity index is 2.16. The molecule has 0 saturated carbocycles. The van der Waals surface area contributed by atoms with Crippen molar-refractivity contribution >= 4 is 21.6 Å². The van der Waals surface area contributed by atoms with Crippen LogP contribution >= 0.6 is 15.9 Å². The number of nitrogens with zero attached hydrogens (tertiary/aromatic N) is 1. The van der Waals surface area contributed by atoms with Crippen LogP contribution in [0.15, 0.2) is 22.7 Å². The maximum absolute atomic E-state index is 5.90. The van der Waals surface area contributed by atoms with E-state index in [2.05, 4.69) is 52.9 Å². The van der Waals surface area contributed by atoms with Gasteiger partial charge in [0.2, 0.25) is 0 Å². The first-order chi connectivity index (χ1) is 9.61. The van der Waals surface area contributed by atoms with Gasteiger partial charge in [0, 0.05) is 28.8 Å². The minimum absolute atomic E-state index is 0.208. The highest BCUT2D eigenvalue weighted by Gasteiger charge is 2.22. The molecule has 0 radical (unpaired) electrons. The number of piperidine rings is 1. The molecule has 0 amide bonds. The van der Waals surface area contributed by atoms with Gasteiger partial charge in [-0.3, -0.25) is 0 Å². The van der Waals surface area contributed by atoms with Crippen LogP contribution in [0.4, 0.5) is 5.69 Å². The number of hydrogen-bond acceptors (Lipinski definition) is 2. The molecule has 0 aromatic heterocycles. The van der Waals surface area contributed by atoms with Crippen molar-refractivity contribution in [2.75, 3.05) is 11.4 Å². The number of benzene rings is 1. The minimum atomic E-state index is 0.208. The first-order valence-corrected chi connectivity index (χ1v) is 8.71. The lowest BCUT2D eigenvalue weighted by Crippen LogP contribution is -2.39. The zero-order valence-electron chi connectivity index (χ0n) is 12.7. The normalized spacial score (nSPS) is 21.0. The van der Waals surface area contributed by atoms with Crippen molar-refractivity contribution in [3.63, 3.8) is 0 Å². The van der Waals surface area contributed by atoms with Crippen molar-refractivity contribution in [3.05, 3.63) is 28.2 Å². The molecule has 2 rings (SSSR count). The van der Waals surface area contributed by atoms with Crippen LogP contribution < -0.4 is 10.6 Å². The smallest absolute Gasteiger partial charge is 0.0380 e. The van der Waals surface area contributed by atoms with Crippen LogP contribution in [0.2, 0.25) is 0 Å². The van der Waals surface area contributed by atoms with Gasteiger partial charge < -0.3 is 10.6 Å². The van der Waals surface area contributed by atoms with Gasteiger partial charge in [0.25, 0.3) is 0 Å². The molecule has 1 saturated heterocycles. The van der Waals surface area contributed by atoms with E-state index in [1.54, 1.807) is 0 Å². The Kier molecular flexibility index (Phi) is 5.91. The second-order valence-corrected chi connectivity index (χ2v) is 6.94. The number of nitrogens with two attached hydrogens (primary N) is 1. The van der Waals surface area contributed by atoms with Crippen LogP contribution in [0, 0.1) is 0 Å². The minimum Gasteiger partial charge on any atom is -0.369 e. The van der Waals surface area contributed by atoms with Crippen molar-refractivity contribution in [1.82, 2.24) is 0 Å². The Morgan fingerprint density at radius 1 is 1.40 bits per heavy atom. The average Bonchev–Trinajstić information content (AvgIpc) is 2.42. The van der Waals surface area contributed by atoms with Crippen molar-refractivity contribution in [2.45, 2.75) is 64.5 Å². The molecule has 1 heterocycles. The van der Waals surface area contributed by atoms with Crippen LogP contribution in [0.5, 0.6) is 0 Å². The molecular formula is C17H27BrN2. The molecule has 0 aliphatic carbocycles. The lowest BCUT2D eigenvalue weighted by molar-refractivity contribution is 0.434. The largest absolute Gasteiger partial charge is 0.369 e. The summed E-state index contributed by atoms with van der Waals surface area (Å²) >= 11 is 3.72. The molecule has 1 aliphatic rings. The van der Waals surface area contributed by atoms with E-state index in [1.165, 1.54) is 54.4 Å². The van der Waals surface area contributed by atoms with E-state index >= 15 is 0 Å². The summed E-state index contributed by atoms with van der Waals surface area (Å²) in [6.07, 6.45) is 7.54. The van der Waals surface area contributed by atoms with Crippen molar-refractivity contribution in [3.8, 4) is 0 Å². The molecule has 112 valence electrons. The molecule has 1 aliphatic heterocycles. The summed E-state index contributed by atoms with van der Waals surface area (Å²) in [5.74, 6) is 0. The second-order valence-electron chi connectivity index (χ2n) is 6.09. The van der Waals surface area contributed by atoms with Gasteiger partial charge in [-0.15, -0.1) is 0 Å². The maximum atomic E-state index is 5.90. The first-order valence-electron chi connectivity index (χ1n) is 7.92. The van der Waals surface area contributed by atoms with Crippen molar-refractivity contribution in [1.29, 1.82) is 0 Å². The quantitative estimate of drug-likeness (QED) is 0.856. The lowest BCUT2D eigenvalue weighted by Gasteiger charge is -2.38. The highest BCUT2D eigenvalue weighted by atomic mass is 79.9. The zero-order valence-corrected chi connectivity index (χ0v) is 14.3. The first kappa shape index (κ1) is 15.8. The number of anilines is 1. The van der Waals surface area contributed by atoms with Crippen molar-refractivity contribution < 1.29 is 0 Å². The lowest BCUT2D eigenvalue weighted by atomic mass is 9.97. The van der Waals surface area contributed by atoms with E-state index in [9.17, 15) is 0 Å². The molecule has 1 aromatic carbocycles. The monoisotopic (exact) mass is 338 g/mol. The summed E-state index contributed by atoms with van der Waals surface area (Å²) in [6, 6.07) is 7.72. The van der Waals surface area contributed by atoms with Crippen LogP contribution in [0.25, 0.3) is 0 Å². The summed E-state index contributed by atoms with van der Waals surface area (Å²) in [7, 11) is 0. The predicted octanol–water partition coefficient (Wildman–Crippen LogP) is 4.50. The molecule has 1 aromatic rings. The van der Waals surface area contributed by atoms with Crippen LogP contribution in [0.1, 0.15) is 51.5 Å². The molecule has 2 atom stereocenters. The van der Waals surface area contributed by atoms with Gasteiger partial charge in [-0.1, -0.05) is 35.3 Å². The standard InChI is InChI=1S/C17H27BrN2/c1-3-6-15-7-4-5-10-20(15)16-9-8-14(11-13(2)19)17(18)12-16/h8-9,12-13,15H,3-7,10-11,19H2,1-2H3. The molecule has 20 heavy (non-hydrogen) atoms. The van der Waals surface area contributed by atoms with Gasteiger partial charge in [-0.2, -0.15) is 0 Å². The molecule has 1 fully saturated rings. The fourth-order valence-electron chi connectivity index (χ4n) is 3.20. The highest BCUT2D eigenvalue weighted by Crippen LogP contribution is 2.31. The summed E-state index contributed by atoms with van der Waals surface area (Å²) < 4.78 is 1.20. The Hall–Kier alpha value is -0.540. The average molecular weight is 339 g/mol. The van der Waals surface area contributed by atoms with E-state index in [0.717, 1.165) is 12.5 Å². The van der Waals surface area contributed by atoms with Crippen LogP contribution in [-0.2, 0) is 6.42 Å². The Bertz CT molecular complexity index is 429. The van der Waals surface area contributed by atoms with E-state index in [4.69, 9.17) is 5.73 Å². The Morgan fingerprint density at radius 3 is 2.85 bits per heavy atom. The third-order valence-electron chi connectivity index (χ3n) is 4.16. The molecule has 0 bridgehead atoms. The van der Waals surface area contributed by atoms with E-state index in [-0.39, 0.29) is 6.04 Å². The van der Waals surface area contributed by atoms with E-state index in [1.807, 2.05) is 0 Å². The molecule has 2 nitrogen and oxygen atoms in total. The van der Waals surface area contributed by atoms with Gasteiger partial charge in [0.15, 0.2) is 0 Å². The fourth-order valence-corrected chi connectivity index (χ4v) is 3.73. The van der Waals surface area contributed by atoms with Crippen LogP contribution in [0.3, 0.4) is 0 Å². The topological polar surface area (TPSA) is 29.3 Å². The number of rotatable bonds is 5. The summed E-state index contributed by atoms with van der Waals surface area (Å²) in [6.45, 7) is 5.54. The molecule has 2 unspecified atom stereocenters. The third kappa shape index (κ3) is 3.98. The van der Waals surface area contributed by atoms with Gasteiger partial charge in [-0.25, -0.2) is 0 Å². The predicted molar refractivity (Wildman–Crippen MR) is 91.4 cm³/mol. The SMILES string of the molecule is CCCC1CCCCN1c1ccc(CC(C)N)c(Br)c1. The summed E-state index contributed by atoms with van der Waals surface area (Å²) in [4.78, 5) is 2.60. The van der Waals surface area contributed by atoms with Gasteiger partial charge in [0.05, 0.1) is 0 Å². The van der Waals surface area contributed by atoms with Gasteiger partial charge in [0.1, 0.15) is 0 Å². The highest BCUT2D eigenvalue weighted by molar-refractivity contribution is 9.10. The Labute approximate surface area is 131 Å². The zero-order chi connectivity index (χ0) is 14.5. The van der Waals surface area contributed by atoms with Crippen LogP contribution in [-0.4, -0.2) is 18.6 Å². The van der Waals surface area contributed by atoms with Gasteiger partial charge >= 0.3 is 0 Å². The number of halogens is 1. The second kappa shape index (κ2) is 7.46. The maximum Gasteiger partial charge on any atom is 0.0380 e. The van der Waals surface area contributed by atoms with Crippen molar-refractivity contribution in [2.24, 2.45) is 5.73 Å². The Morgan fingerprint density at radius 2 is 2.20 bits per heavy atom. The fraction of sp³-hybridized carbons (Fsp3) is 0.647. The van der Waals surface area contributed by atoms with E-state index in [0.29, 0.717) is 0 Å². The molecule has 3 heteroatoms. The van der Waals surface area contributed by atoms with Gasteiger partial charge in [-0.05, 0) is 56.7 Å². The molecular weight excluding hydrogens is 312 g/mol. The summed E-state index contributed by atoms with van der Waals surface area (Å²) in [5, 5.41) is 0. The molecule has 2 N–H and O–H groups in total. The van der Waals surface area contributed by atoms with E-state index < -0.39 is 0 Å². The number of hydrogen-bond donors (Lipinski definition) is 1. The summed E-state index contributed by atoms with van der Waals surface area (Å²) in [5.41, 5.74) is 8.58. The molecule has 0 spiro atoms.